The van der Waals surface area contributed by atoms with Gasteiger partial charge in [0.05, 0.1) is 13.7 Å². The Morgan fingerprint density at radius 2 is 1.83 bits per heavy atom. The van der Waals surface area contributed by atoms with Crippen LogP contribution in [0.25, 0.3) is 11.3 Å². The fourth-order valence-corrected chi connectivity index (χ4v) is 1.86. The SMILES string of the molecule is COCCNC(=O)c1ccc(-c2ccc(NC(=O)OC)cc2)o1. The Bertz CT molecular complexity index is 663. The summed E-state index contributed by atoms with van der Waals surface area (Å²) in [6.07, 6.45) is -0.536. The molecule has 0 spiro atoms. The van der Waals surface area contributed by atoms with Crippen molar-refractivity contribution in [3.05, 3.63) is 42.2 Å². The molecule has 0 aliphatic carbocycles. The fraction of sp³-hybridized carbons (Fsp3) is 0.250. The Kier molecular flexibility index (Phi) is 5.76. The highest BCUT2D eigenvalue weighted by Crippen LogP contribution is 2.23. The van der Waals surface area contributed by atoms with Gasteiger partial charge < -0.3 is 19.2 Å². The fourth-order valence-electron chi connectivity index (χ4n) is 1.86. The Labute approximate surface area is 133 Å². The van der Waals surface area contributed by atoms with E-state index in [4.69, 9.17) is 9.15 Å². The molecule has 2 rings (SSSR count). The van der Waals surface area contributed by atoms with Gasteiger partial charge in [0.15, 0.2) is 5.76 Å². The first-order chi connectivity index (χ1) is 11.1. The lowest BCUT2D eigenvalue weighted by atomic mass is 10.1. The smallest absolute Gasteiger partial charge is 0.411 e. The molecule has 0 saturated heterocycles. The molecule has 2 aromatic rings. The van der Waals surface area contributed by atoms with E-state index in [1.165, 1.54) is 7.11 Å². The third-order valence-electron chi connectivity index (χ3n) is 3.02. The van der Waals surface area contributed by atoms with E-state index >= 15 is 0 Å². The van der Waals surface area contributed by atoms with E-state index in [-0.39, 0.29) is 11.7 Å². The Morgan fingerprint density at radius 1 is 1.09 bits per heavy atom. The predicted octanol–water partition coefficient (Wildman–Crippen LogP) is 2.50. The molecule has 0 radical (unpaired) electrons. The van der Waals surface area contributed by atoms with Crippen molar-refractivity contribution in [1.29, 1.82) is 0 Å². The summed E-state index contributed by atoms with van der Waals surface area (Å²) >= 11 is 0. The number of ether oxygens (including phenoxy) is 2. The average Bonchev–Trinajstić information content (AvgIpc) is 3.05. The zero-order chi connectivity index (χ0) is 16.7. The Hall–Kier alpha value is -2.80. The molecule has 0 aliphatic heterocycles. The van der Waals surface area contributed by atoms with Crippen molar-refractivity contribution in [1.82, 2.24) is 5.32 Å². The number of hydrogen-bond acceptors (Lipinski definition) is 5. The van der Waals surface area contributed by atoms with Gasteiger partial charge >= 0.3 is 6.09 Å². The molecular formula is C16H18N2O5. The van der Waals surface area contributed by atoms with Gasteiger partial charge in [-0.25, -0.2) is 4.79 Å². The van der Waals surface area contributed by atoms with Gasteiger partial charge in [-0.15, -0.1) is 0 Å². The summed E-state index contributed by atoms with van der Waals surface area (Å²) < 4.78 is 14.9. The van der Waals surface area contributed by atoms with E-state index in [1.54, 1.807) is 43.5 Å². The van der Waals surface area contributed by atoms with Crippen LogP contribution in [0.15, 0.2) is 40.8 Å². The van der Waals surface area contributed by atoms with Crippen molar-refractivity contribution in [3.8, 4) is 11.3 Å². The second-order valence-electron chi connectivity index (χ2n) is 4.61. The van der Waals surface area contributed by atoms with Crippen molar-refractivity contribution in [3.63, 3.8) is 0 Å². The molecule has 1 aromatic carbocycles. The molecule has 0 aliphatic rings. The van der Waals surface area contributed by atoms with Gasteiger partial charge in [0, 0.05) is 24.9 Å². The summed E-state index contributed by atoms with van der Waals surface area (Å²) in [4.78, 5) is 23.0. The van der Waals surface area contributed by atoms with Crippen LogP contribution in [0.4, 0.5) is 10.5 Å². The third-order valence-corrected chi connectivity index (χ3v) is 3.02. The summed E-state index contributed by atoms with van der Waals surface area (Å²) in [6, 6.07) is 10.3. The van der Waals surface area contributed by atoms with Gasteiger partial charge in [-0.1, -0.05) is 0 Å². The van der Waals surface area contributed by atoms with Crippen LogP contribution in [0.2, 0.25) is 0 Å². The lowest BCUT2D eigenvalue weighted by molar-refractivity contribution is 0.0910. The summed E-state index contributed by atoms with van der Waals surface area (Å²) in [5.74, 6) is 0.497. The number of amides is 2. The Balaban J connectivity index is 2.02. The second kappa shape index (κ2) is 8.00. The van der Waals surface area contributed by atoms with Crippen LogP contribution in [0.3, 0.4) is 0 Å². The van der Waals surface area contributed by atoms with Crippen LogP contribution in [0.1, 0.15) is 10.6 Å². The highest BCUT2D eigenvalue weighted by Gasteiger charge is 2.12. The highest BCUT2D eigenvalue weighted by atomic mass is 16.5. The third kappa shape index (κ3) is 4.58. The molecule has 2 N–H and O–H groups in total. The number of methoxy groups -OCH3 is 2. The maximum Gasteiger partial charge on any atom is 0.411 e. The van der Waals surface area contributed by atoms with Gasteiger partial charge in [-0.3, -0.25) is 10.1 Å². The molecule has 1 heterocycles. The molecule has 1 aromatic heterocycles. The normalized spacial score (nSPS) is 10.2. The lowest BCUT2D eigenvalue weighted by Gasteiger charge is -2.04. The summed E-state index contributed by atoms with van der Waals surface area (Å²) in [7, 11) is 2.86. The standard InChI is InChI=1S/C16H18N2O5/c1-21-10-9-17-15(19)14-8-7-13(23-14)11-3-5-12(6-4-11)18-16(20)22-2/h3-8H,9-10H2,1-2H3,(H,17,19)(H,18,20). The molecule has 0 atom stereocenters. The number of carbonyl (C=O) groups excluding carboxylic acids is 2. The zero-order valence-corrected chi connectivity index (χ0v) is 12.9. The maximum absolute atomic E-state index is 11.9. The highest BCUT2D eigenvalue weighted by molar-refractivity contribution is 5.92. The van der Waals surface area contributed by atoms with E-state index in [9.17, 15) is 9.59 Å². The lowest BCUT2D eigenvalue weighted by Crippen LogP contribution is -2.26. The number of rotatable bonds is 6. The summed E-state index contributed by atoms with van der Waals surface area (Å²) in [5, 5.41) is 5.24. The van der Waals surface area contributed by atoms with Crippen LogP contribution in [-0.4, -0.2) is 39.4 Å². The molecule has 0 unspecified atom stereocenters. The van der Waals surface area contributed by atoms with Crippen LogP contribution >= 0.6 is 0 Å². The van der Waals surface area contributed by atoms with Crippen LogP contribution in [0, 0.1) is 0 Å². The van der Waals surface area contributed by atoms with Crippen molar-refractivity contribution < 1.29 is 23.5 Å². The van der Waals surface area contributed by atoms with Gasteiger partial charge in [0.25, 0.3) is 5.91 Å². The molecule has 0 saturated carbocycles. The molecule has 7 heteroatoms. The van der Waals surface area contributed by atoms with Crippen molar-refractivity contribution in [2.75, 3.05) is 32.7 Å². The minimum Gasteiger partial charge on any atom is -0.453 e. The number of nitrogens with one attached hydrogen (secondary N) is 2. The minimum absolute atomic E-state index is 0.230. The van der Waals surface area contributed by atoms with Crippen LogP contribution in [-0.2, 0) is 9.47 Å². The quantitative estimate of drug-likeness (QED) is 0.799. The first-order valence-electron chi connectivity index (χ1n) is 6.96. The minimum atomic E-state index is -0.536. The van der Waals surface area contributed by atoms with Gasteiger partial charge in [-0.2, -0.15) is 0 Å². The molecule has 7 nitrogen and oxygen atoms in total. The van der Waals surface area contributed by atoms with Crippen LogP contribution < -0.4 is 10.6 Å². The van der Waals surface area contributed by atoms with E-state index in [0.717, 1.165) is 5.56 Å². The second-order valence-corrected chi connectivity index (χ2v) is 4.61. The number of hydrogen-bond donors (Lipinski definition) is 2. The van der Waals surface area contributed by atoms with Gasteiger partial charge in [0.1, 0.15) is 5.76 Å². The number of carbonyl (C=O) groups is 2. The summed E-state index contributed by atoms with van der Waals surface area (Å²) in [5.41, 5.74) is 1.39. The molecule has 23 heavy (non-hydrogen) atoms. The average molecular weight is 318 g/mol. The number of furan rings is 1. The number of benzene rings is 1. The van der Waals surface area contributed by atoms with Gasteiger partial charge in [-0.05, 0) is 36.4 Å². The molecular weight excluding hydrogens is 300 g/mol. The van der Waals surface area contributed by atoms with Crippen molar-refractivity contribution >= 4 is 17.7 Å². The number of anilines is 1. The zero-order valence-electron chi connectivity index (χ0n) is 12.9. The van der Waals surface area contributed by atoms with E-state index in [2.05, 4.69) is 15.4 Å². The van der Waals surface area contributed by atoms with E-state index < -0.39 is 6.09 Å². The van der Waals surface area contributed by atoms with Crippen molar-refractivity contribution in [2.45, 2.75) is 0 Å². The van der Waals surface area contributed by atoms with Gasteiger partial charge in [0.2, 0.25) is 0 Å². The monoisotopic (exact) mass is 318 g/mol. The largest absolute Gasteiger partial charge is 0.453 e. The molecule has 0 bridgehead atoms. The Morgan fingerprint density at radius 3 is 2.48 bits per heavy atom. The molecule has 2 amide bonds. The predicted molar refractivity (Wildman–Crippen MR) is 84.4 cm³/mol. The van der Waals surface area contributed by atoms with E-state index in [1.807, 2.05) is 0 Å². The van der Waals surface area contributed by atoms with E-state index in [0.29, 0.717) is 24.6 Å². The first kappa shape index (κ1) is 16.6. The van der Waals surface area contributed by atoms with Crippen molar-refractivity contribution in [2.24, 2.45) is 0 Å². The topological polar surface area (TPSA) is 89.8 Å². The molecule has 0 fully saturated rings. The first-order valence-corrected chi connectivity index (χ1v) is 6.96. The summed E-state index contributed by atoms with van der Waals surface area (Å²) in [6.45, 7) is 0.854. The maximum atomic E-state index is 11.9. The van der Waals surface area contributed by atoms with Crippen LogP contribution in [0.5, 0.6) is 0 Å². The molecule has 122 valence electrons.